The maximum absolute atomic E-state index is 12.4. The molecule has 0 aliphatic heterocycles. The second-order valence-corrected chi connectivity index (χ2v) is 7.87. The lowest BCUT2D eigenvalue weighted by atomic mass is 9.98. The number of ether oxygens (including phenoxy) is 2. The van der Waals surface area contributed by atoms with E-state index in [4.69, 9.17) is 9.47 Å². The summed E-state index contributed by atoms with van der Waals surface area (Å²) in [4.78, 5) is 24.8. The molecular formula is C19H28O4. The molecule has 1 aromatic rings. The Labute approximate surface area is 139 Å². The lowest BCUT2D eigenvalue weighted by Crippen LogP contribution is -2.26. The quantitative estimate of drug-likeness (QED) is 0.771. The molecule has 0 aliphatic carbocycles. The second-order valence-electron chi connectivity index (χ2n) is 7.87. The van der Waals surface area contributed by atoms with Crippen LogP contribution >= 0.6 is 0 Å². The van der Waals surface area contributed by atoms with Gasteiger partial charge in [0.2, 0.25) is 0 Å². The summed E-state index contributed by atoms with van der Waals surface area (Å²) in [6.07, 6.45) is 0.772. The molecule has 4 heteroatoms. The van der Waals surface area contributed by atoms with Crippen molar-refractivity contribution in [3.05, 3.63) is 34.9 Å². The molecule has 0 atom stereocenters. The Morgan fingerprint density at radius 2 is 1.57 bits per heavy atom. The molecule has 0 amide bonds. The number of aryl methyl sites for hydroxylation is 1. The van der Waals surface area contributed by atoms with Crippen LogP contribution in [-0.4, -0.2) is 24.1 Å². The van der Waals surface area contributed by atoms with Crippen molar-refractivity contribution in [3.8, 4) is 0 Å². The van der Waals surface area contributed by atoms with Crippen LogP contribution in [0.5, 0.6) is 0 Å². The largest absolute Gasteiger partial charge is 0.462 e. The Balaban J connectivity index is 3.12. The van der Waals surface area contributed by atoms with E-state index in [1.807, 2.05) is 33.8 Å². The van der Waals surface area contributed by atoms with Crippen LogP contribution in [0.2, 0.25) is 0 Å². The van der Waals surface area contributed by atoms with Crippen molar-refractivity contribution in [1.29, 1.82) is 0 Å². The van der Waals surface area contributed by atoms with Crippen molar-refractivity contribution in [3.63, 3.8) is 0 Å². The molecule has 0 saturated carbocycles. The highest BCUT2D eigenvalue weighted by molar-refractivity contribution is 6.03. The zero-order valence-corrected chi connectivity index (χ0v) is 15.3. The van der Waals surface area contributed by atoms with Gasteiger partial charge in [-0.1, -0.05) is 33.8 Å². The Bertz CT molecular complexity index is 574. The average molecular weight is 320 g/mol. The minimum Gasteiger partial charge on any atom is -0.462 e. The van der Waals surface area contributed by atoms with Crippen LogP contribution in [0.4, 0.5) is 0 Å². The van der Waals surface area contributed by atoms with Gasteiger partial charge < -0.3 is 9.47 Å². The predicted octanol–water partition coefficient (Wildman–Crippen LogP) is 4.41. The van der Waals surface area contributed by atoms with Gasteiger partial charge in [-0.05, 0) is 50.3 Å². The third kappa shape index (κ3) is 6.43. The smallest absolute Gasteiger partial charge is 0.339 e. The maximum atomic E-state index is 12.4. The fraction of sp³-hybridized carbons (Fsp3) is 0.579. The van der Waals surface area contributed by atoms with E-state index in [1.165, 1.54) is 0 Å². The molecule has 0 bridgehead atoms. The van der Waals surface area contributed by atoms with Crippen LogP contribution in [-0.2, 0) is 15.9 Å². The average Bonchev–Trinajstić information content (AvgIpc) is 2.41. The number of esters is 2. The number of rotatable bonds is 4. The topological polar surface area (TPSA) is 52.6 Å². The molecule has 4 nitrogen and oxygen atoms in total. The van der Waals surface area contributed by atoms with E-state index in [2.05, 4.69) is 0 Å². The molecule has 0 unspecified atom stereocenters. The van der Waals surface area contributed by atoms with Crippen molar-refractivity contribution < 1.29 is 19.1 Å². The maximum Gasteiger partial charge on any atom is 0.339 e. The summed E-state index contributed by atoms with van der Waals surface area (Å²) < 4.78 is 10.8. The molecule has 0 N–H and O–H groups in total. The van der Waals surface area contributed by atoms with Crippen molar-refractivity contribution >= 4 is 11.9 Å². The lowest BCUT2D eigenvalue weighted by Gasteiger charge is -2.21. The Morgan fingerprint density at radius 1 is 0.957 bits per heavy atom. The first kappa shape index (κ1) is 19.2. The van der Waals surface area contributed by atoms with E-state index < -0.39 is 17.5 Å². The van der Waals surface area contributed by atoms with Crippen molar-refractivity contribution in [1.82, 2.24) is 0 Å². The summed E-state index contributed by atoms with van der Waals surface area (Å²) in [6.45, 7) is 13.6. The highest BCUT2D eigenvalue weighted by atomic mass is 16.6. The minimum atomic E-state index is -0.618. The van der Waals surface area contributed by atoms with Crippen LogP contribution in [0.1, 0.15) is 74.7 Å². The number of hydrogen-bond donors (Lipinski definition) is 0. The van der Waals surface area contributed by atoms with Gasteiger partial charge in [-0.25, -0.2) is 9.59 Å². The fourth-order valence-electron chi connectivity index (χ4n) is 1.85. The number of carbonyl (C=O) groups is 2. The molecule has 0 radical (unpaired) electrons. The molecular weight excluding hydrogens is 292 g/mol. The highest BCUT2D eigenvalue weighted by Crippen LogP contribution is 2.20. The first-order chi connectivity index (χ1) is 10.4. The number of carbonyl (C=O) groups excluding carboxylic acids is 2. The third-order valence-corrected chi connectivity index (χ3v) is 2.97. The van der Waals surface area contributed by atoms with Gasteiger partial charge in [0.1, 0.15) is 5.60 Å². The molecule has 1 rings (SSSR count). The van der Waals surface area contributed by atoms with Crippen LogP contribution in [0.3, 0.4) is 0 Å². The van der Waals surface area contributed by atoms with Crippen LogP contribution in [0.15, 0.2) is 18.2 Å². The molecule has 0 aliphatic rings. The SMILES string of the molecule is CCc1ccc(C(=O)OC(C)(C)C)c(C(=O)OCC(C)(C)C)c1. The summed E-state index contributed by atoms with van der Waals surface area (Å²) in [7, 11) is 0. The van der Waals surface area contributed by atoms with Gasteiger partial charge in [-0.3, -0.25) is 0 Å². The molecule has 1 aromatic carbocycles. The molecule has 0 aromatic heterocycles. The van der Waals surface area contributed by atoms with Crippen molar-refractivity contribution in [2.24, 2.45) is 5.41 Å². The van der Waals surface area contributed by atoms with E-state index in [-0.39, 0.29) is 23.1 Å². The molecule has 23 heavy (non-hydrogen) atoms. The Kier molecular flexibility index (Phi) is 5.98. The van der Waals surface area contributed by atoms with Crippen molar-refractivity contribution in [2.75, 3.05) is 6.61 Å². The zero-order chi connectivity index (χ0) is 17.8. The van der Waals surface area contributed by atoms with Crippen LogP contribution in [0.25, 0.3) is 0 Å². The lowest BCUT2D eigenvalue weighted by molar-refractivity contribution is 0.00623. The third-order valence-electron chi connectivity index (χ3n) is 2.97. The number of benzene rings is 1. The number of hydrogen-bond acceptors (Lipinski definition) is 4. The fourth-order valence-corrected chi connectivity index (χ4v) is 1.85. The normalized spacial score (nSPS) is 12.0. The zero-order valence-electron chi connectivity index (χ0n) is 15.3. The standard InChI is InChI=1S/C19H28O4/c1-8-13-9-10-14(17(21)23-19(5,6)7)15(11-13)16(20)22-12-18(2,3)4/h9-11H,8,12H2,1-7H3. The van der Waals surface area contributed by atoms with E-state index in [9.17, 15) is 9.59 Å². The molecule has 0 saturated heterocycles. The Morgan fingerprint density at radius 3 is 2.04 bits per heavy atom. The van der Waals surface area contributed by atoms with Gasteiger partial charge in [0, 0.05) is 0 Å². The predicted molar refractivity (Wildman–Crippen MR) is 90.7 cm³/mol. The van der Waals surface area contributed by atoms with Gasteiger partial charge in [-0.2, -0.15) is 0 Å². The molecule has 128 valence electrons. The first-order valence-electron chi connectivity index (χ1n) is 7.96. The van der Waals surface area contributed by atoms with Gasteiger partial charge in [0.15, 0.2) is 0 Å². The molecule has 0 heterocycles. The van der Waals surface area contributed by atoms with Crippen LogP contribution in [0, 0.1) is 5.41 Å². The van der Waals surface area contributed by atoms with Crippen LogP contribution < -0.4 is 0 Å². The first-order valence-corrected chi connectivity index (χ1v) is 7.96. The minimum absolute atomic E-state index is 0.135. The van der Waals surface area contributed by atoms with Gasteiger partial charge in [-0.15, -0.1) is 0 Å². The van der Waals surface area contributed by atoms with E-state index in [0.717, 1.165) is 12.0 Å². The van der Waals surface area contributed by atoms with Gasteiger partial charge >= 0.3 is 11.9 Å². The highest BCUT2D eigenvalue weighted by Gasteiger charge is 2.25. The summed E-state index contributed by atoms with van der Waals surface area (Å²) >= 11 is 0. The van der Waals surface area contributed by atoms with E-state index in [0.29, 0.717) is 0 Å². The summed E-state index contributed by atoms with van der Waals surface area (Å²) in [5, 5.41) is 0. The summed E-state index contributed by atoms with van der Waals surface area (Å²) in [5.74, 6) is -1.00. The van der Waals surface area contributed by atoms with Gasteiger partial charge in [0.25, 0.3) is 0 Å². The van der Waals surface area contributed by atoms with E-state index in [1.54, 1.807) is 32.9 Å². The van der Waals surface area contributed by atoms with E-state index >= 15 is 0 Å². The second kappa shape index (κ2) is 7.16. The van der Waals surface area contributed by atoms with Gasteiger partial charge in [0.05, 0.1) is 17.7 Å². The summed E-state index contributed by atoms with van der Waals surface area (Å²) in [5.41, 5.74) is 0.732. The van der Waals surface area contributed by atoms with Crippen molar-refractivity contribution in [2.45, 2.75) is 60.5 Å². The molecule has 0 fully saturated rings. The summed E-state index contributed by atoms with van der Waals surface area (Å²) in [6, 6.07) is 5.19. The molecule has 0 spiro atoms. The monoisotopic (exact) mass is 320 g/mol. The Hall–Kier alpha value is -1.84.